The minimum atomic E-state index is -0.979. The van der Waals surface area contributed by atoms with E-state index in [0.717, 1.165) is 12.0 Å². The molecule has 0 fully saturated rings. The maximum absolute atomic E-state index is 12.1. The molecule has 0 saturated heterocycles. The molecule has 0 aliphatic carbocycles. The van der Waals surface area contributed by atoms with Crippen molar-refractivity contribution in [2.24, 2.45) is 0 Å². The quantitative estimate of drug-likeness (QED) is 0.822. The van der Waals surface area contributed by atoms with Crippen molar-refractivity contribution in [2.45, 2.75) is 38.6 Å². The maximum Gasteiger partial charge on any atom is 0.331 e. The summed E-state index contributed by atoms with van der Waals surface area (Å²) in [7, 11) is 1.32. The molecule has 1 N–H and O–H groups in total. The molecule has 110 valence electrons. The SMILES string of the molecule is CCCC(C)(NC(=O)Cc1ccc(Cl)cc1)C(=O)OC. The summed E-state index contributed by atoms with van der Waals surface area (Å²) in [5.41, 5.74) is -0.136. The van der Waals surface area contributed by atoms with Crippen LogP contribution in [0.1, 0.15) is 32.3 Å². The molecule has 4 nitrogen and oxygen atoms in total. The number of amides is 1. The summed E-state index contributed by atoms with van der Waals surface area (Å²) in [5, 5.41) is 3.39. The van der Waals surface area contributed by atoms with Gasteiger partial charge in [0, 0.05) is 5.02 Å². The van der Waals surface area contributed by atoms with E-state index in [9.17, 15) is 9.59 Å². The molecule has 1 amide bonds. The number of carbonyl (C=O) groups is 2. The molecule has 1 unspecified atom stereocenters. The van der Waals surface area contributed by atoms with E-state index in [1.165, 1.54) is 7.11 Å². The fraction of sp³-hybridized carbons (Fsp3) is 0.467. The molecule has 0 aliphatic rings. The summed E-state index contributed by atoms with van der Waals surface area (Å²) in [6.45, 7) is 3.63. The van der Waals surface area contributed by atoms with Crippen molar-refractivity contribution >= 4 is 23.5 Å². The Morgan fingerprint density at radius 3 is 2.40 bits per heavy atom. The molecule has 0 radical (unpaired) electrons. The number of rotatable bonds is 6. The number of hydrogen-bond donors (Lipinski definition) is 1. The zero-order chi connectivity index (χ0) is 15.2. The van der Waals surface area contributed by atoms with E-state index in [1.807, 2.05) is 6.92 Å². The first kappa shape index (κ1) is 16.5. The van der Waals surface area contributed by atoms with Crippen molar-refractivity contribution < 1.29 is 14.3 Å². The average Bonchev–Trinajstić information content (AvgIpc) is 2.40. The molecular weight excluding hydrogens is 278 g/mol. The standard InChI is InChI=1S/C15H20ClNO3/c1-4-9-15(2,14(19)20-3)17-13(18)10-11-5-7-12(16)8-6-11/h5-8H,4,9-10H2,1-3H3,(H,17,18). The van der Waals surface area contributed by atoms with Crippen LogP contribution in [0.3, 0.4) is 0 Å². The van der Waals surface area contributed by atoms with Crippen molar-refractivity contribution in [1.29, 1.82) is 0 Å². The summed E-state index contributed by atoms with van der Waals surface area (Å²) in [5.74, 6) is -0.641. The van der Waals surface area contributed by atoms with Crippen LogP contribution in [0.4, 0.5) is 0 Å². The highest BCUT2D eigenvalue weighted by molar-refractivity contribution is 6.30. The Kier molecular flexibility index (Phi) is 6.02. The number of esters is 1. The molecule has 5 heteroatoms. The second kappa shape index (κ2) is 7.29. The third-order valence-electron chi connectivity index (χ3n) is 3.08. The molecule has 0 bridgehead atoms. The van der Waals surface area contributed by atoms with Crippen LogP contribution in [0.2, 0.25) is 5.02 Å². The average molecular weight is 298 g/mol. The lowest BCUT2D eigenvalue weighted by Crippen LogP contribution is -2.53. The van der Waals surface area contributed by atoms with Gasteiger partial charge in [-0.3, -0.25) is 4.79 Å². The topological polar surface area (TPSA) is 55.4 Å². The van der Waals surface area contributed by atoms with Gasteiger partial charge < -0.3 is 10.1 Å². The molecule has 20 heavy (non-hydrogen) atoms. The predicted octanol–water partition coefficient (Wildman–Crippen LogP) is 2.73. The molecule has 0 aliphatic heterocycles. The molecule has 1 aromatic carbocycles. The Bertz CT molecular complexity index is 473. The van der Waals surface area contributed by atoms with Crippen LogP contribution in [-0.4, -0.2) is 24.5 Å². The lowest BCUT2D eigenvalue weighted by Gasteiger charge is -2.27. The van der Waals surface area contributed by atoms with Crippen LogP contribution in [0.15, 0.2) is 24.3 Å². The van der Waals surface area contributed by atoms with Gasteiger partial charge in [0.05, 0.1) is 13.5 Å². The van der Waals surface area contributed by atoms with Gasteiger partial charge in [-0.2, -0.15) is 0 Å². The minimum absolute atomic E-state index is 0.202. The van der Waals surface area contributed by atoms with Crippen molar-refractivity contribution in [2.75, 3.05) is 7.11 Å². The molecule has 1 atom stereocenters. The lowest BCUT2D eigenvalue weighted by atomic mass is 9.95. The van der Waals surface area contributed by atoms with Crippen molar-refractivity contribution in [3.05, 3.63) is 34.9 Å². The first-order chi connectivity index (χ1) is 9.41. The predicted molar refractivity (Wildman–Crippen MR) is 78.6 cm³/mol. The lowest BCUT2D eigenvalue weighted by molar-refractivity contribution is -0.150. The summed E-state index contributed by atoms with van der Waals surface area (Å²) in [6.07, 6.45) is 1.51. The van der Waals surface area contributed by atoms with Crippen molar-refractivity contribution in [3.63, 3.8) is 0 Å². The van der Waals surface area contributed by atoms with Crippen LogP contribution in [0, 0.1) is 0 Å². The smallest absolute Gasteiger partial charge is 0.331 e. The van der Waals surface area contributed by atoms with Gasteiger partial charge >= 0.3 is 5.97 Å². The minimum Gasteiger partial charge on any atom is -0.467 e. The van der Waals surface area contributed by atoms with Gasteiger partial charge in [0.1, 0.15) is 5.54 Å². The normalized spacial score (nSPS) is 13.4. The van der Waals surface area contributed by atoms with Gasteiger partial charge in [-0.1, -0.05) is 37.1 Å². The maximum atomic E-state index is 12.1. The number of carbonyl (C=O) groups excluding carboxylic acids is 2. The summed E-state index contributed by atoms with van der Waals surface area (Å²) in [4.78, 5) is 23.9. The van der Waals surface area contributed by atoms with E-state index < -0.39 is 11.5 Å². The Balaban J connectivity index is 2.71. The van der Waals surface area contributed by atoms with E-state index in [1.54, 1.807) is 31.2 Å². The van der Waals surface area contributed by atoms with Crippen molar-refractivity contribution in [3.8, 4) is 0 Å². The monoisotopic (exact) mass is 297 g/mol. The highest BCUT2D eigenvalue weighted by Crippen LogP contribution is 2.15. The van der Waals surface area contributed by atoms with Gasteiger partial charge in [0.15, 0.2) is 0 Å². The van der Waals surface area contributed by atoms with Crippen LogP contribution >= 0.6 is 11.6 Å². The molecule has 1 rings (SSSR count). The zero-order valence-electron chi connectivity index (χ0n) is 12.0. The van der Waals surface area contributed by atoms with Gasteiger partial charge in [0.25, 0.3) is 0 Å². The highest BCUT2D eigenvalue weighted by Gasteiger charge is 2.34. The van der Waals surface area contributed by atoms with Gasteiger partial charge in [-0.05, 0) is 31.0 Å². The largest absolute Gasteiger partial charge is 0.467 e. The Morgan fingerprint density at radius 1 is 1.30 bits per heavy atom. The van der Waals surface area contributed by atoms with Crippen LogP contribution in [0.25, 0.3) is 0 Å². The number of hydrogen-bond acceptors (Lipinski definition) is 3. The van der Waals surface area contributed by atoms with E-state index in [2.05, 4.69) is 5.32 Å². The van der Waals surface area contributed by atoms with Crippen LogP contribution in [-0.2, 0) is 20.7 Å². The van der Waals surface area contributed by atoms with Gasteiger partial charge in [0.2, 0.25) is 5.91 Å². The molecular formula is C15H20ClNO3. The molecule has 0 spiro atoms. The van der Waals surface area contributed by atoms with Gasteiger partial charge in [-0.15, -0.1) is 0 Å². The van der Waals surface area contributed by atoms with Crippen LogP contribution < -0.4 is 5.32 Å². The van der Waals surface area contributed by atoms with E-state index in [4.69, 9.17) is 16.3 Å². The first-order valence-corrected chi connectivity index (χ1v) is 6.93. The summed E-state index contributed by atoms with van der Waals surface area (Å²) < 4.78 is 4.76. The third-order valence-corrected chi connectivity index (χ3v) is 3.33. The zero-order valence-corrected chi connectivity index (χ0v) is 12.8. The van der Waals surface area contributed by atoms with Crippen molar-refractivity contribution in [1.82, 2.24) is 5.32 Å². The van der Waals surface area contributed by atoms with E-state index in [-0.39, 0.29) is 12.3 Å². The van der Waals surface area contributed by atoms with Gasteiger partial charge in [-0.25, -0.2) is 4.79 Å². The summed E-state index contributed by atoms with van der Waals surface area (Å²) >= 11 is 5.79. The second-order valence-electron chi connectivity index (χ2n) is 4.93. The van der Waals surface area contributed by atoms with E-state index >= 15 is 0 Å². The Labute approximate surface area is 124 Å². The number of methoxy groups -OCH3 is 1. The molecule has 0 aromatic heterocycles. The Morgan fingerprint density at radius 2 is 1.90 bits per heavy atom. The number of halogens is 1. The fourth-order valence-electron chi connectivity index (χ4n) is 2.08. The number of nitrogens with one attached hydrogen (secondary N) is 1. The third kappa shape index (κ3) is 4.53. The first-order valence-electron chi connectivity index (χ1n) is 6.55. The number of ether oxygens (including phenoxy) is 1. The Hall–Kier alpha value is -1.55. The molecule has 1 aromatic rings. The van der Waals surface area contributed by atoms with E-state index in [0.29, 0.717) is 11.4 Å². The molecule has 0 saturated carbocycles. The second-order valence-corrected chi connectivity index (χ2v) is 5.36. The fourth-order valence-corrected chi connectivity index (χ4v) is 2.21. The number of benzene rings is 1. The highest BCUT2D eigenvalue weighted by atomic mass is 35.5. The van der Waals surface area contributed by atoms with Crippen LogP contribution in [0.5, 0.6) is 0 Å². The molecule has 0 heterocycles. The summed E-state index contributed by atoms with van der Waals surface area (Å²) in [6, 6.07) is 7.04.